The van der Waals surface area contributed by atoms with Gasteiger partial charge in [0.2, 0.25) is 0 Å². The van der Waals surface area contributed by atoms with E-state index in [0.29, 0.717) is 24.5 Å². The topological polar surface area (TPSA) is 17.1 Å². The van der Waals surface area contributed by atoms with Gasteiger partial charge in [-0.3, -0.25) is 4.79 Å². The van der Waals surface area contributed by atoms with E-state index in [2.05, 4.69) is 80.6 Å². The van der Waals surface area contributed by atoms with E-state index in [9.17, 15) is 4.79 Å². The SMILES string of the molecule is CCC1C(CCC(=O)Cc2ccc3c(c2)C=C(C)C3)=CC=C1c1ccccc1. The minimum absolute atomic E-state index is 0.336. The predicted molar refractivity (Wildman–Crippen MR) is 118 cm³/mol. The maximum atomic E-state index is 12.6. The Morgan fingerprint density at radius 1 is 1.07 bits per heavy atom. The zero-order chi connectivity index (χ0) is 19.5. The Balaban J connectivity index is 1.35. The molecule has 142 valence electrons. The van der Waals surface area contributed by atoms with E-state index in [-0.39, 0.29) is 0 Å². The first-order valence-electron chi connectivity index (χ1n) is 10.4. The molecule has 0 radical (unpaired) electrons. The van der Waals surface area contributed by atoms with Crippen molar-refractivity contribution < 1.29 is 4.79 Å². The first kappa shape index (κ1) is 18.7. The molecular formula is C27H28O. The van der Waals surface area contributed by atoms with Gasteiger partial charge in [-0.1, -0.05) is 84.8 Å². The van der Waals surface area contributed by atoms with Crippen LogP contribution in [0.4, 0.5) is 0 Å². The average molecular weight is 369 g/mol. The summed E-state index contributed by atoms with van der Waals surface area (Å²) in [7, 11) is 0. The molecule has 2 aliphatic rings. The number of fused-ring (bicyclic) bond motifs is 1. The fraction of sp³-hybridized carbons (Fsp3) is 0.296. The van der Waals surface area contributed by atoms with Crippen molar-refractivity contribution in [2.45, 2.75) is 46.0 Å². The number of ketones is 1. The van der Waals surface area contributed by atoms with Crippen LogP contribution >= 0.6 is 0 Å². The van der Waals surface area contributed by atoms with Crippen molar-refractivity contribution >= 4 is 17.4 Å². The van der Waals surface area contributed by atoms with Gasteiger partial charge in [0, 0.05) is 18.8 Å². The van der Waals surface area contributed by atoms with E-state index >= 15 is 0 Å². The molecule has 1 heteroatoms. The summed E-state index contributed by atoms with van der Waals surface area (Å²) in [6.45, 7) is 4.41. The monoisotopic (exact) mass is 368 g/mol. The molecule has 2 aromatic carbocycles. The molecule has 0 N–H and O–H groups in total. The molecule has 0 spiro atoms. The van der Waals surface area contributed by atoms with E-state index < -0.39 is 0 Å². The molecule has 1 unspecified atom stereocenters. The number of hydrogen-bond donors (Lipinski definition) is 0. The zero-order valence-corrected chi connectivity index (χ0v) is 16.9. The second-order valence-corrected chi connectivity index (χ2v) is 8.11. The van der Waals surface area contributed by atoms with Gasteiger partial charge in [-0.2, -0.15) is 0 Å². The van der Waals surface area contributed by atoms with Crippen LogP contribution in [-0.4, -0.2) is 5.78 Å². The molecule has 1 atom stereocenters. The molecule has 0 aromatic heterocycles. The number of allylic oxidation sites excluding steroid dienone is 5. The van der Waals surface area contributed by atoms with E-state index in [0.717, 1.165) is 24.8 Å². The Hall–Kier alpha value is -2.67. The van der Waals surface area contributed by atoms with Gasteiger partial charge in [0.05, 0.1) is 0 Å². The highest BCUT2D eigenvalue weighted by Crippen LogP contribution is 2.38. The van der Waals surface area contributed by atoms with E-state index in [4.69, 9.17) is 0 Å². The number of carbonyl (C=O) groups is 1. The molecule has 1 nitrogen and oxygen atoms in total. The van der Waals surface area contributed by atoms with Crippen molar-refractivity contribution in [3.63, 3.8) is 0 Å². The quantitative estimate of drug-likeness (QED) is 0.539. The molecule has 0 heterocycles. The van der Waals surface area contributed by atoms with Gasteiger partial charge in [-0.15, -0.1) is 0 Å². The number of rotatable bonds is 7. The summed E-state index contributed by atoms with van der Waals surface area (Å²) < 4.78 is 0. The Labute approximate surface area is 168 Å². The molecule has 2 aromatic rings. The minimum Gasteiger partial charge on any atom is -0.299 e. The fourth-order valence-electron chi connectivity index (χ4n) is 4.56. The third-order valence-electron chi connectivity index (χ3n) is 5.99. The second-order valence-electron chi connectivity index (χ2n) is 8.11. The van der Waals surface area contributed by atoms with Crippen LogP contribution in [0.1, 0.15) is 55.4 Å². The molecule has 0 fully saturated rings. The summed E-state index contributed by atoms with van der Waals surface area (Å²) in [6.07, 6.45) is 10.9. The molecule has 0 amide bonds. The van der Waals surface area contributed by atoms with Crippen LogP contribution in [0.25, 0.3) is 11.6 Å². The summed E-state index contributed by atoms with van der Waals surface area (Å²) in [6, 6.07) is 17.1. The second kappa shape index (κ2) is 8.14. The van der Waals surface area contributed by atoms with Crippen LogP contribution in [0.2, 0.25) is 0 Å². The van der Waals surface area contributed by atoms with Crippen LogP contribution in [0.3, 0.4) is 0 Å². The first-order chi connectivity index (χ1) is 13.6. The maximum Gasteiger partial charge on any atom is 0.137 e. The Bertz CT molecular complexity index is 973. The maximum absolute atomic E-state index is 12.6. The molecule has 2 aliphatic carbocycles. The minimum atomic E-state index is 0.336. The molecule has 0 bridgehead atoms. The van der Waals surface area contributed by atoms with Crippen LogP contribution in [0, 0.1) is 5.92 Å². The van der Waals surface area contributed by atoms with Crippen LogP contribution in [0.5, 0.6) is 0 Å². The lowest BCUT2D eigenvalue weighted by molar-refractivity contribution is -0.118. The highest BCUT2D eigenvalue weighted by molar-refractivity contribution is 5.82. The molecule has 0 aliphatic heterocycles. The Kier molecular flexibility index (Phi) is 5.43. The van der Waals surface area contributed by atoms with Crippen LogP contribution < -0.4 is 0 Å². The summed E-state index contributed by atoms with van der Waals surface area (Å²) in [5, 5.41) is 0. The third-order valence-corrected chi connectivity index (χ3v) is 5.99. The lowest BCUT2D eigenvalue weighted by Crippen LogP contribution is -2.07. The lowest BCUT2D eigenvalue weighted by atomic mass is 9.86. The normalized spacial score (nSPS) is 17.8. The lowest BCUT2D eigenvalue weighted by Gasteiger charge is -2.18. The highest BCUT2D eigenvalue weighted by Gasteiger charge is 2.23. The van der Waals surface area contributed by atoms with Crippen LogP contribution in [-0.2, 0) is 17.6 Å². The van der Waals surface area contributed by atoms with Gasteiger partial charge < -0.3 is 0 Å². The van der Waals surface area contributed by atoms with E-state index in [1.807, 2.05) is 0 Å². The molecule has 28 heavy (non-hydrogen) atoms. The van der Waals surface area contributed by atoms with Gasteiger partial charge in [-0.25, -0.2) is 0 Å². The number of Topliss-reactive ketones (excluding diaryl/α,β-unsaturated/α-hetero) is 1. The average Bonchev–Trinajstić information content (AvgIpc) is 3.28. The van der Waals surface area contributed by atoms with Gasteiger partial charge in [-0.05, 0) is 54.0 Å². The van der Waals surface area contributed by atoms with Gasteiger partial charge in [0.15, 0.2) is 0 Å². The van der Waals surface area contributed by atoms with Crippen molar-refractivity contribution in [2.75, 3.05) is 0 Å². The number of benzene rings is 2. The first-order valence-corrected chi connectivity index (χ1v) is 10.4. The summed E-state index contributed by atoms with van der Waals surface area (Å²) in [5.74, 6) is 0.783. The largest absolute Gasteiger partial charge is 0.299 e. The van der Waals surface area contributed by atoms with Gasteiger partial charge in [0.25, 0.3) is 0 Å². The van der Waals surface area contributed by atoms with Crippen LogP contribution in [0.15, 0.2) is 71.8 Å². The standard InChI is InChI=1S/C27H28O/c1-3-26-22(12-14-27(26)21-7-5-4-6-8-21)11-13-25(28)18-20-9-10-23-15-19(2)16-24(23)17-20/h4-10,12,14,16-17,26H,3,11,13,15,18H2,1-2H3. The summed E-state index contributed by atoms with van der Waals surface area (Å²) in [5.41, 5.74) is 9.32. The molecule has 0 saturated carbocycles. The van der Waals surface area contributed by atoms with Crippen molar-refractivity contribution in [1.29, 1.82) is 0 Å². The van der Waals surface area contributed by atoms with Crippen molar-refractivity contribution in [3.05, 3.63) is 94.1 Å². The van der Waals surface area contributed by atoms with Crippen molar-refractivity contribution in [1.82, 2.24) is 0 Å². The smallest absolute Gasteiger partial charge is 0.137 e. The van der Waals surface area contributed by atoms with E-state index in [1.54, 1.807) is 0 Å². The molecule has 0 saturated heterocycles. The van der Waals surface area contributed by atoms with Crippen molar-refractivity contribution in [3.8, 4) is 0 Å². The Morgan fingerprint density at radius 2 is 1.89 bits per heavy atom. The van der Waals surface area contributed by atoms with Crippen molar-refractivity contribution in [2.24, 2.45) is 5.92 Å². The predicted octanol–water partition coefficient (Wildman–Crippen LogP) is 6.59. The Morgan fingerprint density at radius 3 is 2.68 bits per heavy atom. The molecule has 4 rings (SSSR count). The third kappa shape index (κ3) is 3.94. The number of hydrogen-bond acceptors (Lipinski definition) is 1. The van der Waals surface area contributed by atoms with Gasteiger partial charge in [0.1, 0.15) is 5.78 Å². The number of carbonyl (C=O) groups excluding carboxylic acids is 1. The summed E-state index contributed by atoms with van der Waals surface area (Å²) >= 11 is 0. The highest BCUT2D eigenvalue weighted by atomic mass is 16.1. The summed E-state index contributed by atoms with van der Waals surface area (Å²) in [4.78, 5) is 12.6. The zero-order valence-electron chi connectivity index (χ0n) is 16.9. The van der Waals surface area contributed by atoms with E-state index in [1.165, 1.54) is 33.4 Å². The fourth-order valence-corrected chi connectivity index (χ4v) is 4.56. The van der Waals surface area contributed by atoms with Gasteiger partial charge >= 0.3 is 0 Å². The molecular weight excluding hydrogens is 340 g/mol.